The lowest BCUT2D eigenvalue weighted by atomic mass is 10.2. The Hall–Kier alpha value is 0.170. The Bertz CT molecular complexity index is 108. The highest BCUT2D eigenvalue weighted by Crippen LogP contribution is 2.02. The van der Waals surface area contributed by atoms with Gasteiger partial charge in [0.05, 0.1) is 13.2 Å². The van der Waals surface area contributed by atoms with Crippen LogP contribution in [-0.2, 0) is 0 Å². The summed E-state index contributed by atoms with van der Waals surface area (Å²) in [7, 11) is 0. The van der Waals surface area contributed by atoms with Gasteiger partial charge >= 0.3 is 0 Å². The molecule has 86 valence electrons. The van der Waals surface area contributed by atoms with Gasteiger partial charge in [-0.15, -0.1) is 11.6 Å². The Labute approximate surface area is 91.7 Å². The van der Waals surface area contributed by atoms with Crippen molar-refractivity contribution in [2.24, 2.45) is 0 Å². The van der Waals surface area contributed by atoms with Gasteiger partial charge in [0.15, 0.2) is 0 Å². The molecule has 0 atom stereocenters. The maximum absolute atomic E-state index is 8.76. The van der Waals surface area contributed by atoms with E-state index in [4.69, 9.17) is 21.8 Å². The molecule has 0 aromatic carbocycles. The Balaban J connectivity index is 3.30. The van der Waals surface area contributed by atoms with Crippen molar-refractivity contribution in [3.63, 3.8) is 0 Å². The van der Waals surface area contributed by atoms with Crippen LogP contribution in [-0.4, -0.2) is 53.8 Å². The first kappa shape index (κ1) is 14.2. The summed E-state index contributed by atoms with van der Waals surface area (Å²) in [5.74, 6) is 0.747. The maximum Gasteiger partial charge on any atom is 0.0558 e. The molecular formula is C10H22ClNO2. The van der Waals surface area contributed by atoms with Gasteiger partial charge in [-0.3, -0.25) is 4.90 Å². The number of hydrogen-bond donors (Lipinski definition) is 2. The molecule has 0 heterocycles. The summed E-state index contributed by atoms with van der Waals surface area (Å²) in [6, 6.07) is 0. The number of halogens is 1. The zero-order valence-electron chi connectivity index (χ0n) is 8.79. The van der Waals surface area contributed by atoms with Crippen LogP contribution in [0.5, 0.6) is 0 Å². The summed E-state index contributed by atoms with van der Waals surface area (Å²) >= 11 is 5.57. The minimum absolute atomic E-state index is 0.168. The summed E-state index contributed by atoms with van der Waals surface area (Å²) in [5, 5.41) is 17.5. The van der Waals surface area contributed by atoms with Crippen molar-refractivity contribution in [1.82, 2.24) is 4.90 Å². The van der Waals surface area contributed by atoms with Crippen LogP contribution in [0, 0.1) is 0 Å². The summed E-state index contributed by atoms with van der Waals surface area (Å²) in [5.41, 5.74) is 0. The fourth-order valence-electron chi connectivity index (χ4n) is 1.40. The van der Waals surface area contributed by atoms with Gasteiger partial charge in [-0.25, -0.2) is 0 Å². The van der Waals surface area contributed by atoms with Crippen LogP contribution in [0.25, 0.3) is 0 Å². The molecule has 2 N–H and O–H groups in total. The van der Waals surface area contributed by atoms with Crippen molar-refractivity contribution in [2.75, 3.05) is 38.7 Å². The monoisotopic (exact) mass is 223 g/mol. The number of alkyl halides is 1. The Morgan fingerprint density at radius 1 is 0.786 bits per heavy atom. The molecule has 3 nitrogen and oxygen atoms in total. The highest BCUT2D eigenvalue weighted by molar-refractivity contribution is 6.17. The van der Waals surface area contributed by atoms with E-state index >= 15 is 0 Å². The van der Waals surface area contributed by atoms with E-state index in [-0.39, 0.29) is 13.2 Å². The lowest BCUT2D eigenvalue weighted by Gasteiger charge is -2.19. The second-order valence-electron chi connectivity index (χ2n) is 3.39. The fraction of sp³-hybridized carbons (Fsp3) is 1.00. The average Bonchev–Trinajstić information content (AvgIpc) is 2.18. The minimum Gasteiger partial charge on any atom is -0.395 e. The number of aliphatic hydroxyl groups excluding tert-OH is 2. The first-order valence-corrected chi connectivity index (χ1v) is 5.88. The molecule has 0 aromatic heterocycles. The highest BCUT2D eigenvalue weighted by atomic mass is 35.5. The Morgan fingerprint density at radius 3 is 1.86 bits per heavy atom. The summed E-state index contributed by atoms with van der Waals surface area (Å²) in [6.07, 6.45) is 4.56. The molecule has 0 fully saturated rings. The number of rotatable bonds is 10. The summed E-state index contributed by atoms with van der Waals surface area (Å²) in [4.78, 5) is 2.08. The standard InChI is InChI=1S/C10H22ClNO2/c11-5-3-1-2-4-6-12(7-9-13)8-10-14/h13-14H,1-10H2. The number of aliphatic hydroxyl groups is 2. The van der Waals surface area contributed by atoms with E-state index in [1.165, 1.54) is 12.8 Å². The molecule has 0 aromatic rings. The van der Waals surface area contributed by atoms with Crippen molar-refractivity contribution in [1.29, 1.82) is 0 Å². The van der Waals surface area contributed by atoms with Crippen LogP contribution in [0.15, 0.2) is 0 Å². The van der Waals surface area contributed by atoms with E-state index < -0.39 is 0 Å². The van der Waals surface area contributed by atoms with Gasteiger partial charge in [0.1, 0.15) is 0 Å². The zero-order valence-corrected chi connectivity index (χ0v) is 9.55. The third kappa shape index (κ3) is 8.75. The second kappa shape index (κ2) is 11.2. The number of unbranched alkanes of at least 4 members (excludes halogenated alkanes) is 3. The van der Waals surface area contributed by atoms with E-state index in [2.05, 4.69) is 4.90 Å². The average molecular weight is 224 g/mol. The topological polar surface area (TPSA) is 43.7 Å². The molecule has 0 radical (unpaired) electrons. The molecule has 0 aliphatic heterocycles. The zero-order chi connectivity index (χ0) is 10.6. The van der Waals surface area contributed by atoms with Crippen LogP contribution in [0.1, 0.15) is 25.7 Å². The predicted molar refractivity (Wildman–Crippen MR) is 59.8 cm³/mol. The predicted octanol–water partition coefficient (Wildman–Crippen LogP) is 1.07. The Kier molecular flexibility index (Phi) is 11.4. The minimum atomic E-state index is 0.168. The van der Waals surface area contributed by atoms with Crippen molar-refractivity contribution < 1.29 is 10.2 Å². The molecule has 0 saturated carbocycles. The van der Waals surface area contributed by atoms with E-state index in [1.54, 1.807) is 0 Å². The molecule has 0 saturated heterocycles. The normalized spacial score (nSPS) is 11.1. The molecule has 0 spiro atoms. The fourth-order valence-corrected chi connectivity index (χ4v) is 1.59. The molecule has 14 heavy (non-hydrogen) atoms. The molecular weight excluding hydrogens is 202 g/mol. The van der Waals surface area contributed by atoms with Gasteiger partial charge in [-0.05, 0) is 19.4 Å². The van der Waals surface area contributed by atoms with Crippen molar-refractivity contribution in [2.45, 2.75) is 25.7 Å². The number of nitrogens with zero attached hydrogens (tertiary/aromatic N) is 1. The van der Waals surface area contributed by atoms with Gasteiger partial charge in [0.2, 0.25) is 0 Å². The molecule has 0 amide bonds. The second-order valence-corrected chi connectivity index (χ2v) is 3.77. The van der Waals surface area contributed by atoms with Crippen LogP contribution in [0.2, 0.25) is 0 Å². The first-order chi connectivity index (χ1) is 6.85. The number of hydrogen-bond acceptors (Lipinski definition) is 3. The van der Waals surface area contributed by atoms with Gasteiger partial charge in [0.25, 0.3) is 0 Å². The molecule has 0 rings (SSSR count). The van der Waals surface area contributed by atoms with Gasteiger partial charge in [0, 0.05) is 19.0 Å². The van der Waals surface area contributed by atoms with Gasteiger partial charge in [-0.2, -0.15) is 0 Å². The first-order valence-electron chi connectivity index (χ1n) is 5.35. The van der Waals surface area contributed by atoms with E-state index in [0.717, 1.165) is 25.3 Å². The molecule has 0 bridgehead atoms. The van der Waals surface area contributed by atoms with Crippen molar-refractivity contribution in [3.05, 3.63) is 0 Å². The third-order valence-electron chi connectivity index (χ3n) is 2.19. The largest absolute Gasteiger partial charge is 0.395 e. The lowest BCUT2D eigenvalue weighted by Crippen LogP contribution is -2.30. The summed E-state index contributed by atoms with van der Waals surface area (Å²) < 4.78 is 0. The smallest absolute Gasteiger partial charge is 0.0558 e. The van der Waals surface area contributed by atoms with Crippen molar-refractivity contribution in [3.8, 4) is 0 Å². The van der Waals surface area contributed by atoms with Crippen LogP contribution in [0.4, 0.5) is 0 Å². The van der Waals surface area contributed by atoms with E-state index in [0.29, 0.717) is 13.1 Å². The molecule has 0 aliphatic rings. The lowest BCUT2D eigenvalue weighted by molar-refractivity contribution is 0.159. The van der Waals surface area contributed by atoms with Crippen molar-refractivity contribution >= 4 is 11.6 Å². The molecule has 4 heteroatoms. The van der Waals surface area contributed by atoms with Gasteiger partial charge < -0.3 is 10.2 Å². The highest BCUT2D eigenvalue weighted by Gasteiger charge is 2.02. The Morgan fingerprint density at radius 2 is 1.36 bits per heavy atom. The SMILES string of the molecule is OCCN(CCO)CCCCCCCl. The van der Waals surface area contributed by atoms with E-state index in [1.807, 2.05) is 0 Å². The third-order valence-corrected chi connectivity index (χ3v) is 2.46. The van der Waals surface area contributed by atoms with Crippen LogP contribution < -0.4 is 0 Å². The molecule has 0 unspecified atom stereocenters. The van der Waals surface area contributed by atoms with E-state index in [9.17, 15) is 0 Å². The maximum atomic E-state index is 8.76. The van der Waals surface area contributed by atoms with Crippen LogP contribution >= 0.6 is 11.6 Å². The quantitative estimate of drug-likeness (QED) is 0.430. The van der Waals surface area contributed by atoms with Crippen LogP contribution in [0.3, 0.4) is 0 Å². The summed E-state index contributed by atoms with van der Waals surface area (Å²) in [6.45, 7) is 2.62. The van der Waals surface area contributed by atoms with Gasteiger partial charge in [-0.1, -0.05) is 12.8 Å². The molecule has 0 aliphatic carbocycles.